The second-order valence-corrected chi connectivity index (χ2v) is 9.80. The first-order valence-corrected chi connectivity index (χ1v) is 13.0. The van der Waals surface area contributed by atoms with E-state index in [1.54, 1.807) is 73.7 Å². The molecule has 0 aliphatic carbocycles. The number of carboxylic acid groups (broad SMARTS) is 1. The normalized spacial score (nSPS) is 12.3. The molecule has 2 amide bonds. The summed E-state index contributed by atoms with van der Waals surface area (Å²) in [4.78, 5) is 36.8. The van der Waals surface area contributed by atoms with Crippen LogP contribution in [-0.2, 0) is 22.5 Å². The standard InChI is InChI=1S/C29H25BrFN3O6/c1-17(23-4-2-3-5-24(23)31)40-29(38)32-15-21-16-39-34-26(21)19-8-10-20(11-9-19)27(35)33-25(28(36)37)14-18-6-12-22(30)13-7-18/h2-13,16-17,25H,14-15H2,1H3,(H,32,38)(H,33,35)(H,36,37). The molecule has 4 aromatic rings. The summed E-state index contributed by atoms with van der Waals surface area (Å²) in [7, 11) is 0. The first-order valence-electron chi connectivity index (χ1n) is 12.2. The second kappa shape index (κ2) is 13.0. The number of rotatable bonds is 10. The van der Waals surface area contributed by atoms with E-state index in [0.29, 0.717) is 16.8 Å². The molecule has 0 fully saturated rings. The van der Waals surface area contributed by atoms with E-state index in [2.05, 4.69) is 31.7 Å². The minimum absolute atomic E-state index is 0.0280. The number of nitrogens with one attached hydrogen (secondary N) is 2. The largest absolute Gasteiger partial charge is 0.480 e. The molecule has 0 aliphatic heterocycles. The van der Waals surface area contributed by atoms with Crippen molar-refractivity contribution in [3.8, 4) is 11.3 Å². The van der Waals surface area contributed by atoms with E-state index >= 15 is 0 Å². The molecule has 0 radical (unpaired) electrons. The fourth-order valence-electron chi connectivity index (χ4n) is 3.94. The van der Waals surface area contributed by atoms with Crippen LogP contribution >= 0.6 is 15.9 Å². The number of aromatic nitrogens is 1. The van der Waals surface area contributed by atoms with Gasteiger partial charge in [-0.2, -0.15) is 0 Å². The molecule has 1 heterocycles. The summed E-state index contributed by atoms with van der Waals surface area (Å²) in [5.74, 6) is -2.15. The Morgan fingerprint density at radius 2 is 1.75 bits per heavy atom. The van der Waals surface area contributed by atoms with Gasteiger partial charge in [-0.1, -0.05) is 63.6 Å². The van der Waals surface area contributed by atoms with Crippen molar-refractivity contribution in [1.82, 2.24) is 15.8 Å². The number of carboxylic acids is 1. The number of hydrogen-bond acceptors (Lipinski definition) is 6. The van der Waals surface area contributed by atoms with Crippen molar-refractivity contribution in [3.05, 3.63) is 112 Å². The van der Waals surface area contributed by atoms with Gasteiger partial charge in [0.2, 0.25) is 0 Å². The minimum atomic E-state index is -1.14. The lowest BCUT2D eigenvalue weighted by Crippen LogP contribution is -2.42. The van der Waals surface area contributed by atoms with Crippen LogP contribution in [0.4, 0.5) is 9.18 Å². The van der Waals surface area contributed by atoms with E-state index in [9.17, 15) is 23.9 Å². The van der Waals surface area contributed by atoms with Gasteiger partial charge in [-0.05, 0) is 42.8 Å². The lowest BCUT2D eigenvalue weighted by molar-refractivity contribution is -0.139. The van der Waals surface area contributed by atoms with Gasteiger partial charge in [-0.25, -0.2) is 14.0 Å². The average Bonchev–Trinajstić information content (AvgIpc) is 3.41. The molecule has 40 heavy (non-hydrogen) atoms. The predicted octanol–water partition coefficient (Wildman–Crippen LogP) is 5.66. The van der Waals surface area contributed by atoms with Crippen molar-refractivity contribution >= 4 is 33.9 Å². The highest BCUT2D eigenvalue weighted by Crippen LogP contribution is 2.24. The summed E-state index contributed by atoms with van der Waals surface area (Å²) < 4.78 is 25.1. The fourth-order valence-corrected chi connectivity index (χ4v) is 4.20. The molecule has 3 aromatic carbocycles. The average molecular weight is 610 g/mol. The van der Waals surface area contributed by atoms with Gasteiger partial charge in [0.25, 0.3) is 5.91 Å². The quantitative estimate of drug-likeness (QED) is 0.211. The molecule has 2 unspecified atom stereocenters. The van der Waals surface area contributed by atoms with E-state index < -0.39 is 35.9 Å². The molecule has 0 spiro atoms. The zero-order valence-electron chi connectivity index (χ0n) is 21.3. The summed E-state index contributed by atoms with van der Waals surface area (Å²) in [6, 6.07) is 18.5. The maximum absolute atomic E-state index is 13.9. The summed E-state index contributed by atoms with van der Waals surface area (Å²) in [5, 5.41) is 18.7. The Labute approximate surface area is 237 Å². The van der Waals surface area contributed by atoms with Crippen LogP contribution in [0.1, 0.15) is 40.1 Å². The number of ether oxygens (including phenoxy) is 1. The number of carbonyl (C=O) groups is 3. The van der Waals surface area contributed by atoms with Gasteiger partial charge in [0.05, 0.1) is 6.54 Å². The highest BCUT2D eigenvalue weighted by atomic mass is 79.9. The molecule has 9 nitrogen and oxygen atoms in total. The number of hydrogen-bond donors (Lipinski definition) is 3. The fraction of sp³-hybridized carbons (Fsp3) is 0.172. The molecule has 3 N–H and O–H groups in total. The highest BCUT2D eigenvalue weighted by Gasteiger charge is 2.22. The molecule has 0 aliphatic rings. The number of carbonyl (C=O) groups excluding carboxylic acids is 2. The number of amides is 2. The smallest absolute Gasteiger partial charge is 0.408 e. The Kier molecular flexibility index (Phi) is 9.28. The SMILES string of the molecule is CC(OC(=O)NCc1conc1-c1ccc(C(=O)NC(Cc2ccc(Br)cc2)C(=O)O)cc1)c1ccccc1F. The van der Waals surface area contributed by atoms with Gasteiger partial charge in [0, 0.05) is 33.1 Å². The Balaban J connectivity index is 1.35. The molecule has 4 rings (SSSR count). The summed E-state index contributed by atoms with van der Waals surface area (Å²) >= 11 is 3.34. The van der Waals surface area contributed by atoms with E-state index in [1.165, 1.54) is 12.3 Å². The third-order valence-corrected chi connectivity index (χ3v) is 6.60. The number of alkyl carbamates (subject to hydrolysis) is 1. The van der Waals surface area contributed by atoms with Crippen molar-refractivity contribution < 1.29 is 33.1 Å². The van der Waals surface area contributed by atoms with Crippen LogP contribution in [0.5, 0.6) is 0 Å². The summed E-state index contributed by atoms with van der Waals surface area (Å²) in [6.07, 6.45) is -0.0391. The molecular weight excluding hydrogens is 585 g/mol. The molecule has 0 saturated heterocycles. The van der Waals surface area contributed by atoms with E-state index in [1.807, 2.05) is 0 Å². The Hall–Kier alpha value is -4.51. The number of halogens is 2. The highest BCUT2D eigenvalue weighted by molar-refractivity contribution is 9.10. The molecular formula is C29H25BrFN3O6. The molecule has 11 heteroatoms. The topological polar surface area (TPSA) is 131 Å². The third-order valence-electron chi connectivity index (χ3n) is 6.07. The molecule has 0 bridgehead atoms. The van der Waals surface area contributed by atoms with Gasteiger partial charge in [-0.3, -0.25) is 4.79 Å². The molecule has 2 atom stereocenters. The monoisotopic (exact) mass is 609 g/mol. The van der Waals surface area contributed by atoms with Crippen molar-refractivity contribution in [2.75, 3.05) is 0 Å². The zero-order chi connectivity index (χ0) is 28.6. The molecule has 206 valence electrons. The summed E-state index contributed by atoms with van der Waals surface area (Å²) in [5.41, 5.74) is 2.89. The van der Waals surface area contributed by atoms with Crippen LogP contribution in [0, 0.1) is 5.82 Å². The van der Waals surface area contributed by atoms with E-state index in [0.717, 1.165) is 10.0 Å². The lowest BCUT2D eigenvalue weighted by Gasteiger charge is -2.15. The third kappa shape index (κ3) is 7.32. The van der Waals surface area contributed by atoms with Crippen LogP contribution in [-0.4, -0.2) is 34.3 Å². The molecule has 1 aromatic heterocycles. The number of benzene rings is 3. The maximum Gasteiger partial charge on any atom is 0.408 e. The Bertz CT molecular complexity index is 1490. The van der Waals surface area contributed by atoms with Gasteiger partial charge < -0.3 is 25.0 Å². The van der Waals surface area contributed by atoms with Gasteiger partial charge in [-0.15, -0.1) is 0 Å². The van der Waals surface area contributed by atoms with Crippen molar-refractivity contribution in [1.29, 1.82) is 0 Å². The predicted molar refractivity (Wildman–Crippen MR) is 147 cm³/mol. The van der Waals surface area contributed by atoms with Crippen LogP contribution in [0.2, 0.25) is 0 Å². The van der Waals surface area contributed by atoms with Gasteiger partial charge in [0.1, 0.15) is 29.9 Å². The van der Waals surface area contributed by atoms with Crippen LogP contribution in [0.15, 0.2) is 88.1 Å². The van der Waals surface area contributed by atoms with Crippen molar-refractivity contribution in [2.45, 2.75) is 32.0 Å². The Morgan fingerprint density at radius 1 is 1.05 bits per heavy atom. The molecule has 0 saturated carbocycles. The summed E-state index contributed by atoms with van der Waals surface area (Å²) in [6.45, 7) is 1.60. The van der Waals surface area contributed by atoms with Crippen LogP contribution < -0.4 is 10.6 Å². The number of aliphatic carboxylic acids is 1. The van der Waals surface area contributed by atoms with E-state index in [-0.39, 0.29) is 24.1 Å². The van der Waals surface area contributed by atoms with E-state index in [4.69, 9.17) is 9.26 Å². The lowest BCUT2D eigenvalue weighted by atomic mass is 10.0. The van der Waals surface area contributed by atoms with Crippen molar-refractivity contribution in [2.24, 2.45) is 0 Å². The first-order chi connectivity index (χ1) is 19.2. The number of nitrogens with zero attached hydrogens (tertiary/aromatic N) is 1. The second-order valence-electron chi connectivity index (χ2n) is 8.88. The van der Waals surface area contributed by atoms with Gasteiger partial charge in [0.15, 0.2) is 0 Å². The van der Waals surface area contributed by atoms with Crippen LogP contribution in [0.25, 0.3) is 11.3 Å². The minimum Gasteiger partial charge on any atom is -0.480 e. The maximum atomic E-state index is 13.9. The van der Waals surface area contributed by atoms with Crippen molar-refractivity contribution in [3.63, 3.8) is 0 Å². The zero-order valence-corrected chi connectivity index (χ0v) is 22.9. The van der Waals surface area contributed by atoms with Gasteiger partial charge >= 0.3 is 12.1 Å². The van der Waals surface area contributed by atoms with Crippen LogP contribution in [0.3, 0.4) is 0 Å². The first kappa shape index (κ1) is 28.5. The Morgan fingerprint density at radius 3 is 2.42 bits per heavy atom.